The quantitative estimate of drug-likeness (QED) is 0.837. The highest BCUT2D eigenvalue weighted by Crippen LogP contribution is 2.24. The summed E-state index contributed by atoms with van der Waals surface area (Å²) in [7, 11) is -3.97. The van der Waals surface area contributed by atoms with Gasteiger partial charge in [0.2, 0.25) is 15.9 Å². The van der Waals surface area contributed by atoms with Crippen LogP contribution in [0.4, 0.5) is 4.39 Å². The number of carbonyl (C=O) groups is 1. The molecular weight excluding hydrogens is 365 g/mol. The smallest absolute Gasteiger partial charge is 0.338 e. The van der Waals surface area contributed by atoms with Crippen molar-refractivity contribution >= 4 is 16.0 Å². The van der Waals surface area contributed by atoms with E-state index in [0.29, 0.717) is 18.7 Å². The molecule has 26 heavy (non-hydrogen) atoms. The highest BCUT2D eigenvalue weighted by Gasteiger charge is 2.32. The predicted molar refractivity (Wildman–Crippen MR) is 87.8 cm³/mol. The lowest BCUT2D eigenvalue weighted by molar-refractivity contribution is 0.0691. The summed E-state index contributed by atoms with van der Waals surface area (Å²) in [6.07, 6.45) is 5.21. The molecule has 1 aliphatic heterocycles. The van der Waals surface area contributed by atoms with Gasteiger partial charge in [-0.1, -0.05) is 0 Å². The number of sulfonamides is 1. The Kier molecular flexibility index (Phi) is 5.14. The van der Waals surface area contributed by atoms with Gasteiger partial charge in [0.15, 0.2) is 0 Å². The van der Waals surface area contributed by atoms with Gasteiger partial charge in [0.25, 0.3) is 0 Å². The van der Waals surface area contributed by atoms with E-state index in [1.165, 1.54) is 22.9 Å². The number of rotatable bonds is 5. The van der Waals surface area contributed by atoms with Crippen molar-refractivity contribution in [3.05, 3.63) is 48.2 Å². The third kappa shape index (κ3) is 3.81. The van der Waals surface area contributed by atoms with Gasteiger partial charge in [-0.05, 0) is 31.0 Å². The van der Waals surface area contributed by atoms with Crippen LogP contribution in [0.2, 0.25) is 0 Å². The molecule has 1 aromatic heterocycles. The van der Waals surface area contributed by atoms with Crippen LogP contribution in [0, 0.1) is 5.82 Å². The van der Waals surface area contributed by atoms with Crippen LogP contribution in [0.15, 0.2) is 41.7 Å². The molecule has 0 saturated carbocycles. The Labute approximate surface area is 149 Å². The maximum atomic E-state index is 13.5. The van der Waals surface area contributed by atoms with Crippen molar-refractivity contribution in [2.75, 3.05) is 13.1 Å². The van der Waals surface area contributed by atoms with Gasteiger partial charge in [-0.2, -0.15) is 4.31 Å². The highest BCUT2D eigenvalue weighted by atomic mass is 32.2. The minimum Gasteiger partial charge on any atom is -0.478 e. The average molecular weight is 381 g/mol. The number of hydrogen-bond acceptors (Lipinski definition) is 6. The lowest BCUT2D eigenvalue weighted by atomic mass is 10.1. The van der Waals surface area contributed by atoms with Gasteiger partial charge in [0.1, 0.15) is 11.9 Å². The van der Waals surface area contributed by atoms with Crippen molar-refractivity contribution in [3.63, 3.8) is 0 Å². The Morgan fingerprint density at radius 2 is 2.15 bits per heavy atom. The molecule has 1 unspecified atom stereocenters. The van der Waals surface area contributed by atoms with Gasteiger partial charge in [0.05, 0.1) is 23.2 Å². The fraction of sp³-hybridized carbons (Fsp3) is 0.312. The molecule has 0 amide bonds. The molecule has 0 radical (unpaired) electrons. The lowest BCUT2D eigenvalue weighted by Crippen LogP contribution is -2.44. The zero-order valence-corrected chi connectivity index (χ0v) is 14.4. The molecule has 3 rings (SSSR count). The summed E-state index contributed by atoms with van der Waals surface area (Å²) in [5.74, 6) is -2.22. The summed E-state index contributed by atoms with van der Waals surface area (Å²) < 4.78 is 46.0. The first-order valence-corrected chi connectivity index (χ1v) is 9.27. The largest absolute Gasteiger partial charge is 0.478 e. The summed E-state index contributed by atoms with van der Waals surface area (Å²) >= 11 is 0. The fourth-order valence-corrected chi connectivity index (χ4v) is 4.25. The third-order valence-electron chi connectivity index (χ3n) is 3.97. The van der Waals surface area contributed by atoms with Gasteiger partial charge in [0, 0.05) is 18.9 Å². The van der Waals surface area contributed by atoms with Gasteiger partial charge >= 0.3 is 5.97 Å². The molecule has 10 heteroatoms. The van der Waals surface area contributed by atoms with Crippen molar-refractivity contribution in [2.45, 2.75) is 23.8 Å². The van der Waals surface area contributed by atoms with Crippen LogP contribution in [-0.2, 0) is 10.0 Å². The number of benzene rings is 1. The standard InChI is InChI=1S/C16H16FN3O5S/c17-14-4-3-12(8-13(14)16(21)22)26(23,24)20-7-1-2-11(10-20)25-15-9-18-5-6-19-15/h3-6,8-9,11H,1-2,7,10H2,(H,21,22). The minimum absolute atomic E-state index is 0.0820. The molecule has 1 saturated heterocycles. The molecule has 2 heterocycles. The normalized spacial score (nSPS) is 18.4. The van der Waals surface area contributed by atoms with Crippen LogP contribution in [0.3, 0.4) is 0 Å². The predicted octanol–water partition coefficient (Wildman–Crippen LogP) is 1.55. The third-order valence-corrected chi connectivity index (χ3v) is 5.83. The number of aromatic nitrogens is 2. The van der Waals surface area contributed by atoms with Crippen LogP contribution < -0.4 is 4.74 Å². The van der Waals surface area contributed by atoms with Crippen LogP contribution in [0.25, 0.3) is 0 Å². The molecule has 1 atom stereocenters. The van der Waals surface area contributed by atoms with E-state index in [1.807, 2.05) is 0 Å². The van der Waals surface area contributed by atoms with E-state index in [2.05, 4.69) is 9.97 Å². The second-order valence-corrected chi connectivity index (χ2v) is 7.67. The molecule has 1 fully saturated rings. The number of nitrogens with zero attached hydrogens (tertiary/aromatic N) is 3. The van der Waals surface area contributed by atoms with E-state index in [1.54, 1.807) is 0 Å². The van der Waals surface area contributed by atoms with Crippen LogP contribution in [0.5, 0.6) is 5.88 Å². The molecule has 1 N–H and O–H groups in total. The number of carboxylic acids is 1. The Morgan fingerprint density at radius 1 is 1.35 bits per heavy atom. The molecule has 0 spiro atoms. The first-order valence-electron chi connectivity index (χ1n) is 7.83. The minimum atomic E-state index is -3.97. The average Bonchev–Trinajstić information content (AvgIpc) is 2.63. The van der Waals surface area contributed by atoms with Crippen molar-refractivity contribution in [2.24, 2.45) is 0 Å². The molecule has 1 aromatic carbocycles. The van der Waals surface area contributed by atoms with Crippen molar-refractivity contribution in [3.8, 4) is 5.88 Å². The second-order valence-electron chi connectivity index (χ2n) is 5.74. The Morgan fingerprint density at radius 3 is 2.85 bits per heavy atom. The fourth-order valence-electron chi connectivity index (χ4n) is 2.71. The van der Waals surface area contributed by atoms with E-state index in [4.69, 9.17) is 9.84 Å². The van der Waals surface area contributed by atoms with Crippen molar-refractivity contribution < 1.29 is 27.4 Å². The number of piperidine rings is 1. The molecule has 2 aromatic rings. The Balaban J connectivity index is 1.81. The SMILES string of the molecule is O=C(O)c1cc(S(=O)(=O)N2CCCC(Oc3cnccn3)C2)ccc1F. The lowest BCUT2D eigenvalue weighted by Gasteiger charge is -2.31. The highest BCUT2D eigenvalue weighted by molar-refractivity contribution is 7.89. The molecule has 0 aliphatic carbocycles. The summed E-state index contributed by atoms with van der Waals surface area (Å²) in [5, 5.41) is 8.99. The molecular formula is C16H16FN3O5S. The number of halogens is 1. The summed E-state index contributed by atoms with van der Waals surface area (Å²) in [6, 6.07) is 2.73. The molecule has 138 valence electrons. The monoisotopic (exact) mass is 381 g/mol. The van der Waals surface area contributed by atoms with Gasteiger partial charge < -0.3 is 9.84 Å². The zero-order valence-electron chi connectivity index (χ0n) is 13.6. The summed E-state index contributed by atoms with van der Waals surface area (Å²) in [6.45, 7) is 0.348. The van der Waals surface area contributed by atoms with E-state index in [9.17, 15) is 17.6 Å². The van der Waals surface area contributed by atoms with Gasteiger partial charge in [-0.15, -0.1) is 0 Å². The Hall–Kier alpha value is -2.59. The molecule has 1 aliphatic rings. The van der Waals surface area contributed by atoms with E-state index >= 15 is 0 Å². The number of hydrogen-bond donors (Lipinski definition) is 1. The maximum Gasteiger partial charge on any atom is 0.338 e. The summed E-state index contributed by atoms with van der Waals surface area (Å²) in [4.78, 5) is 18.7. The van der Waals surface area contributed by atoms with Crippen molar-refractivity contribution in [1.29, 1.82) is 0 Å². The van der Waals surface area contributed by atoms with Crippen LogP contribution in [-0.4, -0.2) is 53.0 Å². The zero-order chi connectivity index (χ0) is 18.7. The van der Waals surface area contributed by atoms with E-state index < -0.39 is 33.5 Å². The maximum absolute atomic E-state index is 13.5. The molecule has 0 bridgehead atoms. The van der Waals surface area contributed by atoms with Gasteiger partial charge in [-0.25, -0.2) is 22.6 Å². The van der Waals surface area contributed by atoms with E-state index in [0.717, 1.165) is 18.2 Å². The second kappa shape index (κ2) is 7.34. The van der Waals surface area contributed by atoms with Crippen molar-refractivity contribution in [1.82, 2.24) is 14.3 Å². The van der Waals surface area contributed by atoms with Crippen LogP contribution in [0.1, 0.15) is 23.2 Å². The van der Waals surface area contributed by atoms with Crippen LogP contribution >= 0.6 is 0 Å². The number of carboxylic acid groups (broad SMARTS) is 1. The Bertz CT molecular complexity index is 907. The van der Waals surface area contributed by atoms with E-state index in [-0.39, 0.29) is 18.0 Å². The topological polar surface area (TPSA) is 110 Å². The first kappa shape index (κ1) is 18.2. The first-order chi connectivity index (χ1) is 12.4. The summed E-state index contributed by atoms with van der Waals surface area (Å²) in [5.41, 5.74) is -0.685. The number of ether oxygens (including phenoxy) is 1. The van der Waals surface area contributed by atoms with Gasteiger partial charge in [-0.3, -0.25) is 4.98 Å². The molecule has 8 nitrogen and oxygen atoms in total. The number of aromatic carboxylic acids is 1.